The van der Waals surface area contributed by atoms with Crippen molar-refractivity contribution in [2.75, 3.05) is 20.6 Å². The Morgan fingerprint density at radius 2 is 1.78 bits per heavy atom. The fourth-order valence-electron chi connectivity index (χ4n) is 2.93. The SMILES string of the molecule is CC(C)C(CN(C)C)NC1CC(C)(C)OC1(C)C. The van der Waals surface area contributed by atoms with E-state index < -0.39 is 0 Å². The van der Waals surface area contributed by atoms with E-state index in [0.717, 1.165) is 13.0 Å². The fraction of sp³-hybridized carbons (Fsp3) is 1.00. The normalized spacial score (nSPS) is 28.0. The molecule has 1 rings (SSSR count). The van der Waals surface area contributed by atoms with Gasteiger partial charge in [-0.3, -0.25) is 0 Å². The summed E-state index contributed by atoms with van der Waals surface area (Å²) < 4.78 is 6.16. The molecule has 2 atom stereocenters. The van der Waals surface area contributed by atoms with E-state index in [-0.39, 0.29) is 11.2 Å². The van der Waals surface area contributed by atoms with Crippen molar-refractivity contribution in [2.45, 2.75) is 71.2 Å². The van der Waals surface area contributed by atoms with E-state index >= 15 is 0 Å². The molecule has 1 aliphatic heterocycles. The minimum absolute atomic E-state index is 0.0131. The Morgan fingerprint density at radius 1 is 1.22 bits per heavy atom. The van der Waals surface area contributed by atoms with Gasteiger partial charge in [-0.1, -0.05) is 13.8 Å². The van der Waals surface area contributed by atoms with Crippen molar-refractivity contribution in [3.63, 3.8) is 0 Å². The molecule has 18 heavy (non-hydrogen) atoms. The molecule has 3 heteroatoms. The highest BCUT2D eigenvalue weighted by molar-refractivity contribution is 5.00. The Bertz CT molecular complexity index is 272. The van der Waals surface area contributed by atoms with E-state index in [4.69, 9.17) is 4.74 Å². The third-order valence-corrected chi connectivity index (χ3v) is 3.86. The maximum atomic E-state index is 6.16. The molecular formula is C15H32N2O. The predicted molar refractivity (Wildman–Crippen MR) is 78.0 cm³/mol. The topological polar surface area (TPSA) is 24.5 Å². The largest absolute Gasteiger partial charge is 0.368 e. The van der Waals surface area contributed by atoms with Gasteiger partial charge in [-0.15, -0.1) is 0 Å². The van der Waals surface area contributed by atoms with Gasteiger partial charge in [0, 0.05) is 18.6 Å². The van der Waals surface area contributed by atoms with Crippen LogP contribution in [0.4, 0.5) is 0 Å². The van der Waals surface area contributed by atoms with Gasteiger partial charge in [0.15, 0.2) is 0 Å². The highest BCUT2D eigenvalue weighted by atomic mass is 16.5. The maximum absolute atomic E-state index is 6.16. The van der Waals surface area contributed by atoms with Crippen LogP contribution < -0.4 is 5.32 Å². The van der Waals surface area contributed by atoms with Crippen molar-refractivity contribution in [2.24, 2.45) is 5.92 Å². The Hall–Kier alpha value is -0.120. The highest BCUT2D eigenvalue weighted by Crippen LogP contribution is 2.37. The molecule has 1 saturated heterocycles. The summed E-state index contributed by atoms with van der Waals surface area (Å²) in [5.74, 6) is 0.631. The van der Waals surface area contributed by atoms with E-state index in [9.17, 15) is 0 Å². The van der Waals surface area contributed by atoms with Crippen LogP contribution in [0.15, 0.2) is 0 Å². The summed E-state index contributed by atoms with van der Waals surface area (Å²) in [5.41, 5.74) is -0.0935. The Kier molecular flexibility index (Phi) is 4.85. The summed E-state index contributed by atoms with van der Waals surface area (Å²) >= 11 is 0. The molecule has 0 aromatic rings. The van der Waals surface area contributed by atoms with Crippen molar-refractivity contribution in [1.82, 2.24) is 10.2 Å². The van der Waals surface area contributed by atoms with Crippen molar-refractivity contribution >= 4 is 0 Å². The summed E-state index contributed by atoms with van der Waals surface area (Å²) in [7, 11) is 4.27. The molecule has 0 aromatic heterocycles. The summed E-state index contributed by atoms with van der Waals surface area (Å²) in [4.78, 5) is 2.26. The van der Waals surface area contributed by atoms with Crippen LogP contribution in [0.25, 0.3) is 0 Å². The number of nitrogens with one attached hydrogen (secondary N) is 1. The average molecular weight is 256 g/mol. The predicted octanol–water partition coefficient (Wildman–Crippen LogP) is 2.51. The number of rotatable bonds is 5. The molecule has 0 spiro atoms. The molecule has 1 aliphatic rings. The lowest BCUT2D eigenvalue weighted by Crippen LogP contribution is -2.52. The first-order valence-electron chi connectivity index (χ1n) is 7.14. The van der Waals surface area contributed by atoms with Gasteiger partial charge in [0.05, 0.1) is 11.2 Å². The zero-order valence-electron chi connectivity index (χ0n) is 13.5. The molecule has 0 bridgehead atoms. The van der Waals surface area contributed by atoms with Crippen molar-refractivity contribution in [3.05, 3.63) is 0 Å². The molecule has 0 aromatic carbocycles. The van der Waals surface area contributed by atoms with Crippen LogP contribution in [0, 0.1) is 5.92 Å². The number of likely N-dealkylation sites (N-methyl/N-ethyl adjacent to an activating group) is 1. The lowest BCUT2D eigenvalue weighted by atomic mass is 9.92. The zero-order valence-corrected chi connectivity index (χ0v) is 13.5. The second kappa shape index (κ2) is 5.48. The van der Waals surface area contributed by atoms with Crippen molar-refractivity contribution in [1.29, 1.82) is 0 Å². The fourth-order valence-corrected chi connectivity index (χ4v) is 2.93. The van der Waals surface area contributed by atoms with Gasteiger partial charge in [-0.25, -0.2) is 0 Å². The number of hydrogen-bond donors (Lipinski definition) is 1. The van der Waals surface area contributed by atoms with E-state index in [1.165, 1.54) is 0 Å². The molecular weight excluding hydrogens is 224 g/mol. The maximum Gasteiger partial charge on any atom is 0.0787 e. The highest BCUT2D eigenvalue weighted by Gasteiger charge is 2.46. The summed E-state index contributed by atoms with van der Waals surface area (Å²) in [6.07, 6.45) is 1.08. The molecule has 2 unspecified atom stereocenters. The summed E-state index contributed by atoms with van der Waals surface area (Å²) in [6.45, 7) is 14.4. The van der Waals surface area contributed by atoms with Gasteiger partial charge in [0.1, 0.15) is 0 Å². The van der Waals surface area contributed by atoms with Crippen LogP contribution in [0.3, 0.4) is 0 Å². The van der Waals surface area contributed by atoms with Gasteiger partial charge < -0.3 is 15.0 Å². The van der Waals surface area contributed by atoms with E-state index in [1.54, 1.807) is 0 Å². The van der Waals surface area contributed by atoms with Crippen molar-refractivity contribution in [3.8, 4) is 0 Å². The lowest BCUT2D eigenvalue weighted by Gasteiger charge is -2.34. The second-order valence-corrected chi connectivity index (χ2v) is 7.50. The monoisotopic (exact) mass is 256 g/mol. The summed E-state index contributed by atoms with van der Waals surface area (Å²) in [6, 6.07) is 0.946. The number of nitrogens with zero attached hydrogens (tertiary/aromatic N) is 1. The Morgan fingerprint density at radius 3 is 2.11 bits per heavy atom. The zero-order chi connectivity index (χ0) is 14.1. The molecule has 1 fully saturated rings. The minimum Gasteiger partial charge on any atom is -0.368 e. The van der Waals surface area contributed by atoms with Crippen molar-refractivity contribution < 1.29 is 4.74 Å². The van der Waals surface area contributed by atoms with Crippen LogP contribution in [0.1, 0.15) is 48.0 Å². The molecule has 1 N–H and O–H groups in total. The third kappa shape index (κ3) is 4.22. The Balaban J connectivity index is 2.69. The molecule has 108 valence electrons. The molecule has 0 saturated carbocycles. The van der Waals surface area contributed by atoms with Crippen LogP contribution in [-0.4, -0.2) is 48.8 Å². The average Bonchev–Trinajstić information content (AvgIpc) is 2.32. The molecule has 0 radical (unpaired) electrons. The van der Waals surface area contributed by atoms with Gasteiger partial charge >= 0.3 is 0 Å². The van der Waals surface area contributed by atoms with Crippen LogP contribution in [-0.2, 0) is 4.74 Å². The molecule has 1 heterocycles. The van der Waals surface area contributed by atoms with Gasteiger partial charge in [0.2, 0.25) is 0 Å². The first-order valence-corrected chi connectivity index (χ1v) is 7.14. The quantitative estimate of drug-likeness (QED) is 0.818. The van der Waals surface area contributed by atoms with Gasteiger partial charge in [0.25, 0.3) is 0 Å². The standard InChI is InChI=1S/C15H32N2O/c1-11(2)12(10-17(7)8)16-13-9-14(3,4)18-15(13,5)6/h11-13,16H,9-10H2,1-8H3. The van der Waals surface area contributed by atoms with Crippen LogP contribution >= 0.6 is 0 Å². The summed E-state index contributed by atoms with van der Waals surface area (Å²) in [5, 5.41) is 3.83. The van der Waals surface area contributed by atoms with E-state index in [1.807, 2.05) is 0 Å². The first kappa shape index (κ1) is 15.9. The third-order valence-electron chi connectivity index (χ3n) is 3.86. The van der Waals surface area contributed by atoms with Gasteiger partial charge in [-0.05, 0) is 54.1 Å². The molecule has 0 amide bonds. The van der Waals surface area contributed by atoms with Crippen LogP contribution in [0.2, 0.25) is 0 Å². The first-order chi connectivity index (χ1) is 8.03. The van der Waals surface area contributed by atoms with Crippen LogP contribution in [0.5, 0.6) is 0 Å². The second-order valence-electron chi connectivity index (χ2n) is 7.50. The lowest BCUT2D eigenvalue weighted by molar-refractivity contribution is -0.0708. The van der Waals surface area contributed by atoms with E-state index in [0.29, 0.717) is 18.0 Å². The number of ether oxygens (including phenoxy) is 1. The van der Waals surface area contributed by atoms with E-state index in [2.05, 4.69) is 65.9 Å². The molecule has 3 nitrogen and oxygen atoms in total. The number of hydrogen-bond acceptors (Lipinski definition) is 3. The Labute approximate surface area is 113 Å². The smallest absolute Gasteiger partial charge is 0.0787 e. The van der Waals surface area contributed by atoms with Gasteiger partial charge in [-0.2, -0.15) is 0 Å². The molecule has 0 aliphatic carbocycles. The minimum atomic E-state index is -0.0804.